The van der Waals surface area contributed by atoms with Crippen molar-refractivity contribution in [1.29, 1.82) is 0 Å². The van der Waals surface area contributed by atoms with E-state index in [-0.39, 0.29) is 16.1 Å². The molecule has 30 heavy (non-hydrogen) atoms. The number of anilines is 2. The molecule has 0 aromatic heterocycles. The number of carbonyl (C=O) groups excluding carboxylic acids is 1. The van der Waals surface area contributed by atoms with Gasteiger partial charge in [0.05, 0.1) is 10.5 Å². The van der Waals surface area contributed by atoms with Gasteiger partial charge in [0.15, 0.2) is 0 Å². The zero-order chi connectivity index (χ0) is 21.9. The molecule has 0 heterocycles. The highest BCUT2D eigenvalue weighted by molar-refractivity contribution is 9.10. The van der Waals surface area contributed by atoms with Gasteiger partial charge in [-0.2, -0.15) is 13.2 Å². The summed E-state index contributed by atoms with van der Waals surface area (Å²) in [5.41, 5.74) is -0.636. The maximum Gasteiger partial charge on any atom is 0.416 e. The fourth-order valence-corrected chi connectivity index (χ4v) is 3.87. The van der Waals surface area contributed by atoms with E-state index < -0.39 is 27.7 Å². The van der Waals surface area contributed by atoms with E-state index in [1.54, 1.807) is 24.3 Å². The molecule has 10 heteroatoms. The molecule has 2 N–H and O–H groups in total. The molecule has 0 saturated carbocycles. The highest BCUT2D eigenvalue weighted by atomic mass is 79.9. The fraction of sp³-hybridized carbons (Fsp3) is 0.0500. The third kappa shape index (κ3) is 5.39. The Kier molecular flexibility index (Phi) is 6.18. The molecule has 5 nitrogen and oxygen atoms in total. The van der Waals surface area contributed by atoms with E-state index in [0.29, 0.717) is 11.8 Å². The summed E-state index contributed by atoms with van der Waals surface area (Å²) >= 11 is 3.28. The second-order valence-corrected chi connectivity index (χ2v) is 8.77. The molecular weight excluding hydrogens is 485 g/mol. The van der Waals surface area contributed by atoms with Crippen LogP contribution in [0.15, 0.2) is 82.2 Å². The van der Waals surface area contributed by atoms with Crippen LogP contribution in [0.4, 0.5) is 24.5 Å². The maximum absolute atomic E-state index is 12.8. The minimum absolute atomic E-state index is 0.0739. The Morgan fingerprint density at radius 1 is 0.867 bits per heavy atom. The quantitative estimate of drug-likeness (QED) is 0.486. The standard InChI is InChI=1S/C20H14BrF3N2O3S/c21-15-7-9-16(10-8-15)25-19(27)13-3-1-6-18(11-13)30(28,29)26-17-5-2-4-14(12-17)20(22,23)24/h1-12,26H,(H,25,27). The molecule has 156 valence electrons. The van der Waals surface area contributed by atoms with Crippen LogP contribution in [0.3, 0.4) is 0 Å². The Morgan fingerprint density at radius 2 is 1.53 bits per heavy atom. The number of alkyl halides is 3. The van der Waals surface area contributed by atoms with E-state index in [1.807, 2.05) is 0 Å². The van der Waals surface area contributed by atoms with Crippen molar-refractivity contribution in [3.63, 3.8) is 0 Å². The summed E-state index contributed by atoms with van der Waals surface area (Å²) in [4.78, 5) is 12.2. The molecule has 0 unspecified atom stereocenters. The summed E-state index contributed by atoms with van der Waals surface area (Å²) in [6, 6.07) is 15.8. The number of benzene rings is 3. The number of amides is 1. The van der Waals surface area contributed by atoms with Crippen LogP contribution < -0.4 is 10.0 Å². The minimum atomic E-state index is -4.60. The van der Waals surface area contributed by atoms with Gasteiger partial charge in [-0.15, -0.1) is 0 Å². The Balaban J connectivity index is 1.82. The van der Waals surface area contributed by atoms with Crippen LogP contribution in [0.25, 0.3) is 0 Å². The zero-order valence-electron chi connectivity index (χ0n) is 15.1. The average Bonchev–Trinajstić information content (AvgIpc) is 2.69. The summed E-state index contributed by atoms with van der Waals surface area (Å²) < 4.78 is 66.7. The summed E-state index contributed by atoms with van der Waals surface area (Å²) in [6.45, 7) is 0. The van der Waals surface area contributed by atoms with Crippen LogP contribution in [0, 0.1) is 0 Å². The van der Waals surface area contributed by atoms with Crippen molar-refractivity contribution in [3.05, 3.63) is 88.4 Å². The SMILES string of the molecule is O=C(Nc1ccc(Br)cc1)c1cccc(S(=O)(=O)Nc2cccc(C(F)(F)F)c2)c1. The zero-order valence-corrected chi connectivity index (χ0v) is 17.5. The monoisotopic (exact) mass is 498 g/mol. The second-order valence-electron chi connectivity index (χ2n) is 6.17. The number of carbonyl (C=O) groups is 1. The Labute approximate surface area is 179 Å². The predicted octanol–water partition coefficient (Wildman–Crippen LogP) is 5.52. The minimum Gasteiger partial charge on any atom is -0.322 e. The lowest BCUT2D eigenvalue weighted by Gasteiger charge is -2.12. The molecule has 0 aliphatic heterocycles. The topological polar surface area (TPSA) is 75.3 Å². The van der Waals surface area contributed by atoms with Gasteiger partial charge >= 0.3 is 6.18 Å². The molecule has 0 aliphatic rings. The molecule has 0 fully saturated rings. The van der Waals surface area contributed by atoms with Crippen molar-refractivity contribution in [1.82, 2.24) is 0 Å². The van der Waals surface area contributed by atoms with Gasteiger partial charge in [0.25, 0.3) is 15.9 Å². The molecule has 3 aromatic rings. The van der Waals surface area contributed by atoms with Crippen molar-refractivity contribution in [2.75, 3.05) is 10.0 Å². The average molecular weight is 499 g/mol. The van der Waals surface area contributed by atoms with E-state index in [2.05, 4.69) is 26.0 Å². The Bertz CT molecular complexity index is 1180. The van der Waals surface area contributed by atoms with Gasteiger partial charge in [-0.1, -0.05) is 28.1 Å². The first-order valence-corrected chi connectivity index (χ1v) is 10.7. The van der Waals surface area contributed by atoms with Gasteiger partial charge < -0.3 is 5.32 Å². The number of rotatable bonds is 5. The second kappa shape index (κ2) is 8.49. The highest BCUT2D eigenvalue weighted by Gasteiger charge is 2.30. The van der Waals surface area contributed by atoms with Crippen molar-refractivity contribution in [2.45, 2.75) is 11.1 Å². The van der Waals surface area contributed by atoms with E-state index in [9.17, 15) is 26.4 Å². The molecule has 0 aliphatic carbocycles. The number of hydrogen-bond acceptors (Lipinski definition) is 3. The Morgan fingerprint density at radius 3 is 2.20 bits per heavy atom. The van der Waals surface area contributed by atoms with Crippen LogP contribution in [0.2, 0.25) is 0 Å². The summed E-state index contributed by atoms with van der Waals surface area (Å²) in [5, 5.41) is 2.64. The van der Waals surface area contributed by atoms with Gasteiger partial charge in [-0.05, 0) is 60.7 Å². The Hall–Kier alpha value is -2.85. The fourth-order valence-electron chi connectivity index (χ4n) is 2.51. The molecule has 0 radical (unpaired) electrons. The number of sulfonamides is 1. The molecule has 0 bridgehead atoms. The lowest BCUT2D eigenvalue weighted by molar-refractivity contribution is -0.137. The normalized spacial score (nSPS) is 11.7. The molecule has 0 atom stereocenters. The molecule has 0 spiro atoms. The highest BCUT2D eigenvalue weighted by Crippen LogP contribution is 2.31. The van der Waals surface area contributed by atoms with E-state index in [0.717, 1.165) is 22.7 Å². The molecule has 1 amide bonds. The lowest BCUT2D eigenvalue weighted by Crippen LogP contribution is -2.16. The van der Waals surface area contributed by atoms with Gasteiger partial charge in [0, 0.05) is 21.4 Å². The predicted molar refractivity (Wildman–Crippen MR) is 111 cm³/mol. The van der Waals surface area contributed by atoms with Crippen LogP contribution in [-0.4, -0.2) is 14.3 Å². The van der Waals surface area contributed by atoms with Crippen LogP contribution in [0.5, 0.6) is 0 Å². The molecule has 0 saturated heterocycles. The summed E-state index contributed by atoms with van der Waals surface area (Å²) in [6.07, 6.45) is -4.60. The van der Waals surface area contributed by atoms with Crippen molar-refractivity contribution >= 4 is 43.2 Å². The molecule has 3 rings (SSSR count). The number of hydrogen-bond donors (Lipinski definition) is 2. The van der Waals surface area contributed by atoms with Gasteiger partial charge in [0.1, 0.15) is 0 Å². The maximum atomic E-state index is 12.8. The smallest absolute Gasteiger partial charge is 0.322 e. The summed E-state index contributed by atoms with van der Waals surface area (Å²) in [5.74, 6) is -0.534. The van der Waals surface area contributed by atoms with E-state index >= 15 is 0 Å². The first-order chi connectivity index (χ1) is 14.0. The van der Waals surface area contributed by atoms with Gasteiger partial charge in [-0.3, -0.25) is 9.52 Å². The van der Waals surface area contributed by atoms with E-state index in [1.165, 1.54) is 24.3 Å². The van der Waals surface area contributed by atoms with Crippen LogP contribution in [-0.2, 0) is 16.2 Å². The van der Waals surface area contributed by atoms with E-state index in [4.69, 9.17) is 0 Å². The van der Waals surface area contributed by atoms with Crippen LogP contribution >= 0.6 is 15.9 Å². The van der Waals surface area contributed by atoms with Crippen molar-refractivity contribution in [2.24, 2.45) is 0 Å². The van der Waals surface area contributed by atoms with Crippen molar-refractivity contribution in [3.8, 4) is 0 Å². The number of halogens is 4. The molecule has 3 aromatic carbocycles. The third-order valence-corrected chi connectivity index (χ3v) is 5.86. The largest absolute Gasteiger partial charge is 0.416 e. The van der Waals surface area contributed by atoms with Crippen molar-refractivity contribution < 1.29 is 26.4 Å². The lowest BCUT2D eigenvalue weighted by atomic mass is 10.2. The molecular formula is C20H14BrF3N2O3S. The van der Waals surface area contributed by atoms with Gasteiger partial charge in [0.2, 0.25) is 0 Å². The summed E-state index contributed by atoms with van der Waals surface area (Å²) in [7, 11) is -4.21. The third-order valence-electron chi connectivity index (χ3n) is 3.95. The first-order valence-electron chi connectivity index (χ1n) is 8.42. The first kappa shape index (κ1) is 21.8. The number of nitrogens with one attached hydrogen (secondary N) is 2. The van der Waals surface area contributed by atoms with Crippen LogP contribution in [0.1, 0.15) is 15.9 Å². The van der Waals surface area contributed by atoms with Gasteiger partial charge in [-0.25, -0.2) is 8.42 Å².